The molecule has 0 aromatic carbocycles. The summed E-state index contributed by atoms with van der Waals surface area (Å²) in [5.41, 5.74) is 0. The molecule has 0 radical (unpaired) electrons. The number of likely N-dealkylation sites (tertiary alicyclic amines) is 1. The average Bonchev–Trinajstić information content (AvgIpc) is 2.71. The molecule has 0 aromatic heterocycles. The van der Waals surface area contributed by atoms with Crippen molar-refractivity contribution in [2.24, 2.45) is 5.92 Å². The molecule has 1 saturated heterocycles. The summed E-state index contributed by atoms with van der Waals surface area (Å²) >= 11 is 0. The van der Waals surface area contributed by atoms with Gasteiger partial charge in [0.25, 0.3) is 0 Å². The molecule has 0 N–H and O–H groups in total. The topological polar surface area (TPSA) is 46.6 Å². The zero-order valence-corrected chi connectivity index (χ0v) is 12.5. The van der Waals surface area contributed by atoms with Crippen LogP contribution in [0.3, 0.4) is 0 Å². The summed E-state index contributed by atoms with van der Waals surface area (Å²) < 4.78 is 5.12. The summed E-state index contributed by atoms with van der Waals surface area (Å²) in [6.07, 6.45) is 5.45. The van der Waals surface area contributed by atoms with Gasteiger partial charge >= 0.3 is 5.97 Å². The van der Waals surface area contributed by atoms with Crippen LogP contribution in [0.25, 0.3) is 0 Å². The van der Waals surface area contributed by atoms with Crippen LogP contribution in [0.5, 0.6) is 0 Å². The highest BCUT2D eigenvalue weighted by molar-refractivity contribution is 5.87. The van der Waals surface area contributed by atoms with Gasteiger partial charge in [0, 0.05) is 19.0 Å². The predicted octanol–water partition coefficient (Wildman–Crippen LogP) is 2.76. The Labute approximate surface area is 116 Å². The van der Waals surface area contributed by atoms with E-state index in [9.17, 15) is 9.59 Å². The zero-order valence-electron chi connectivity index (χ0n) is 12.5. The maximum absolute atomic E-state index is 12.1. The maximum atomic E-state index is 12.1. The second-order valence-corrected chi connectivity index (χ2v) is 5.21. The molecule has 0 bridgehead atoms. The first kappa shape index (κ1) is 16.0. The van der Waals surface area contributed by atoms with Crippen molar-refractivity contribution in [1.29, 1.82) is 0 Å². The number of hydrogen-bond acceptors (Lipinski definition) is 3. The minimum atomic E-state index is -0.254. The van der Waals surface area contributed by atoms with E-state index in [1.165, 1.54) is 0 Å². The van der Waals surface area contributed by atoms with E-state index in [-0.39, 0.29) is 23.8 Å². The van der Waals surface area contributed by atoms with Gasteiger partial charge < -0.3 is 9.64 Å². The fourth-order valence-electron chi connectivity index (χ4n) is 2.72. The lowest BCUT2D eigenvalue weighted by Gasteiger charge is -2.27. The van der Waals surface area contributed by atoms with Gasteiger partial charge in [0.1, 0.15) is 0 Å². The summed E-state index contributed by atoms with van der Waals surface area (Å²) in [7, 11) is 0. The SMILES string of the molecule is CCCCC1C(C(=O)OCC)CC(=O)N1CCCC. The fourth-order valence-corrected chi connectivity index (χ4v) is 2.72. The Bertz CT molecular complexity index is 304. The van der Waals surface area contributed by atoms with E-state index in [0.717, 1.165) is 38.6 Å². The molecule has 1 rings (SSSR count). The number of ether oxygens (including phenoxy) is 1. The normalized spacial score (nSPS) is 22.9. The van der Waals surface area contributed by atoms with Crippen LogP contribution in [0, 0.1) is 5.92 Å². The number of nitrogens with zero attached hydrogens (tertiary/aromatic N) is 1. The summed E-state index contributed by atoms with van der Waals surface area (Å²) in [5, 5.41) is 0. The van der Waals surface area contributed by atoms with Gasteiger partial charge in [-0.1, -0.05) is 33.1 Å². The van der Waals surface area contributed by atoms with Gasteiger partial charge in [0.15, 0.2) is 0 Å². The quantitative estimate of drug-likeness (QED) is 0.637. The Morgan fingerprint density at radius 2 is 1.95 bits per heavy atom. The highest BCUT2D eigenvalue weighted by atomic mass is 16.5. The number of carbonyl (C=O) groups excluding carboxylic acids is 2. The van der Waals surface area contributed by atoms with Crippen molar-refractivity contribution in [3.05, 3.63) is 0 Å². The largest absolute Gasteiger partial charge is 0.466 e. The smallest absolute Gasteiger partial charge is 0.311 e. The summed E-state index contributed by atoms with van der Waals surface area (Å²) in [4.78, 5) is 26.0. The zero-order chi connectivity index (χ0) is 14.3. The number of hydrogen-bond donors (Lipinski definition) is 0. The molecule has 1 aliphatic rings. The standard InChI is InChI=1S/C15H27NO3/c1-4-7-9-13-12(15(18)19-6-3)11-14(17)16(13)10-8-5-2/h12-13H,4-11H2,1-3H3. The second kappa shape index (κ2) is 8.18. The van der Waals surface area contributed by atoms with Gasteiger partial charge in [0.05, 0.1) is 12.5 Å². The van der Waals surface area contributed by atoms with Crippen molar-refractivity contribution in [3.63, 3.8) is 0 Å². The van der Waals surface area contributed by atoms with E-state index in [0.29, 0.717) is 13.0 Å². The lowest BCUT2D eigenvalue weighted by molar-refractivity contribution is -0.149. The molecule has 0 aromatic rings. The van der Waals surface area contributed by atoms with Crippen molar-refractivity contribution >= 4 is 11.9 Å². The Morgan fingerprint density at radius 3 is 2.53 bits per heavy atom. The van der Waals surface area contributed by atoms with Crippen LogP contribution in [0.2, 0.25) is 0 Å². The molecular weight excluding hydrogens is 242 g/mol. The Kier molecular flexibility index (Phi) is 6.89. The van der Waals surface area contributed by atoms with Gasteiger partial charge in [-0.05, 0) is 19.8 Å². The van der Waals surface area contributed by atoms with Crippen LogP contribution < -0.4 is 0 Å². The molecule has 0 saturated carbocycles. The highest BCUT2D eigenvalue weighted by Crippen LogP contribution is 2.30. The van der Waals surface area contributed by atoms with Crippen LogP contribution in [0.15, 0.2) is 0 Å². The highest BCUT2D eigenvalue weighted by Gasteiger charge is 2.43. The molecular formula is C15H27NO3. The molecule has 1 amide bonds. The third-order valence-electron chi connectivity index (χ3n) is 3.78. The van der Waals surface area contributed by atoms with Gasteiger partial charge in [-0.25, -0.2) is 0 Å². The monoisotopic (exact) mass is 269 g/mol. The molecule has 4 nitrogen and oxygen atoms in total. The van der Waals surface area contributed by atoms with Crippen LogP contribution in [-0.2, 0) is 14.3 Å². The first-order valence-corrected chi connectivity index (χ1v) is 7.61. The third-order valence-corrected chi connectivity index (χ3v) is 3.78. The van der Waals surface area contributed by atoms with Crippen molar-refractivity contribution in [2.45, 2.75) is 65.3 Å². The lowest BCUT2D eigenvalue weighted by atomic mass is 9.95. The summed E-state index contributed by atoms with van der Waals surface area (Å²) in [6, 6.07) is 0.0537. The molecule has 4 heteroatoms. The third kappa shape index (κ3) is 4.22. The molecule has 2 atom stereocenters. The van der Waals surface area contributed by atoms with Gasteiger partial charge in [-0.3, -0.25) is 9.59 Å². The Balaban J connectivity index is 2.73. The minimum absolute atomic E-state index is 0.0537. The molecule has 1 aliphatic heterocycles. The molecule has 19 heavy (non-hydrogen) atoms. The van der Waals surface area contributed by atoms with Crippen LogP contribution in [-0.4, -0.2) is 36.0 Å². The van der Waals surface area contributed by atoms with E-state index >= 15 is 0 Å². The van der Waals surface area contributed by atoms with Crippen molar-refractivity contribution < 1.29 is 14.3 Å². The van der Waals surface area contributed by atoms with Gasteiger partial charge in [0.2, 0.25) is 5.91 Å². The van der Waals surface area contributed by atoms with E-state index in [4.69, 9.17) is 4.74 Å². The van der Waals surface area contributed by atoms with Crippen molar-refractivity contribution in [3.8, 4) is 0 Å². The van der Waals surface area contributed by atoms with E-state index in [2.05, 4.69) is 13.8 Å². The van der Waals surface area contributed by atoms with Crippen LogP contribution in [0.1, 0.15) is 59.3 Å². The molecule has 1 heterocycles. The van der Waals surface area contributed by atoms with Crippen molar-refractivity contribution in [2.75, 3.05) is 13.2 Å². The van der Waals surface area contributed by atoms with Crippen LogP contribution >= 0.6 is 0 Å². The van der Waals surface area contributed by atoms with Crippen LogP contribution in [0.4, 0.5) is 0 Å². The maximum Gasteiger partial charge on any atom is 0.311 e. The molecule has 0 aliphatic carbocycles. The van der Waals surface area contributed by atoms with E-state index in [1.807, 2.05) is 11.8 Å². The average molecular weight is 269 g/mol. The second-order valence-electron chi connectivity index (χ2n) is 5.21. The molecule has 0 spiro atoms. The molecule has 110 valence electrons. The minimum Gasteiger partial charge on any atom is -0.466 e. The molecule has 1 fully saturated rings. The summed E-state index contributed by atoms with van der Waals surface area (Å²) in [5.74, 6) is -0.334. The first-order chi connectivity index (χ1) is 9.15. The van der Waals surface area contributed by atoms with Crippen molar-refractivity contribution in [1.82, 2.24) is 4.90 Å². The first-order valence-electron chi connectivity index (χ1n) is 7.61. The van der Waals surface area contributed by atoms with Gasteiger partial charge in [-0.2, -0.15) is 0 Å². The van der Waals surface area contributed by atoms with Gasteiger partial charge in [-0.15, -0.1) is 0 Å². The fraction of sp³-hybridized carbons (Fsp3) is 0.867. The van der Waals surface area contributed by atoms with E-state index < -0.39 is 0 Å². The number of esters is 1. The molecule has 2 unspecified atom stereocenters. The Morgan fingerprint density at radius 1 is 1.26 bits per heavy atom. The number of amides is 1. The number of unbranched alkanes of at least 4 members (excludes halogenated alkanes) is 2. The number of rotatable bonds is 8. The number of carbonyl (C=O) groups is 2. The summed E-state index contributed by atoms with van der Waals surface area (Å²) in [6.45, 7) is 7.22. The lowest BCUT2D eigenvalue weighted by Crippen LogP contribution is -2.38. The van der Waals surface area contributed by atoms with E-state index in [1.54, 1.807) is 0 Å². The predicted molar refractivity (Wildman–Crippen MR) is 74.7 cm³/mol. The Hall–Kier alpha value is -1.06.